The number of guanidine groups is 1. The van der Waals surface area contributed by atoms with Crippen LogP contribution in [0.15, 0.2) is 29.3 Å². The van der Waals surface area contributed by atoms with Crippen LogP contribution >= 0.6 is 24.0 Å². The second kappa shape index (κ2) is 13.4. The molecule has 0 aliphatic rings. The van der Waals surface area contributed by atoms with Gasteiger partial charge in [0.1, 0.15) is 5.75 Å². The van der Waals surface area contributed by atoms with Crippen molar-refractivity contribution in [2.45, 2.75) is 26.8 Å². The Morgan fingerprint density at radius 2 is 1.70 bits per heavy atom. The Morgan fingerprint density at radius 3 is 2.22 bits per heavy atom. The highest BCUT2D eigenvalue weighted by Gasteiger charge is 1.98. The molecule has 0 radical (unpaired) electrons. The number of halogens is 1. The Balaban J connectivity index is 0.00000484. The summed E-state index contributed by atoms with van der Waals surface area (Å²) in [5.74, 6) is 1.78. The summed E-state index contributed by atoms with van der Waals surface area (Å²) >= 11 is 0. The molecule has 6 heteroatoms. The van der Waals surface area contributed by atoms with Gasteiger partial charge in [0.2, 0.25) is 0 Å². The minimum atomic E-state index is 0. The fourth-order valence-corrected chi connectivity index (χ4v) is 1.94. The van der Waals surface area contributed by atoms with Gasteiger partial charge in [-0.25, -0.2) is 4.99 Å². The summed E-state index contributed by atoms with van der Waals surface area (Å²) in [6.07, 6.45) is 1.04. The quantitative estimate of drug-likeness (QED) is 0.272. The van der Waals surface area contributed by atoms with Crippen molar-refractivity contribution < 1.29 is 4.74 Å². The van der Waals surface area contributed by atoms with Gasteiger partial charge in [0.25, 0.3) is 0 Å². The van der Waals surface area contributed by atoms with E-state index in [-0.39, 0.29) is 24.0 Å². The van der Waals surface area contributed by atoms with Crippen LogP contribution in [0.25, 0.3) is 0 Å². The number of rotatable bonds is 9. The molecule has 1 rings (SSSR count). The summed E-state index contributed by atoms with van der Waals surface area (Å²) in [7, 11) is 4.15. The Kier molecular flexibility index (Phi) is 12.8. The minimum Gasteiger partial charge on any atom is -0.494 e. The number of aliphatic imine (C=N–C) groups is 1. The molecule has 2 N–H and O–H groups in total. The summed E-state index contributed by atoms with van der Waals surface area (Å²) in [4.78, 5) is 6.71. The third-order valence-corrected chi connectivity index (χ3v) is 3.05. The van der Waals surface area contributed by atoms with Gasteiger partial charge in [-0.1, -0.05) is 12.1 Å². The lowest BCUT2D eigenvalue weighted by Crippen LogP contribution is -2.36. The number of nitrogens with one attached hydrogen (secondary N) is 2. The number of benzene rings is 1. The molecule has 1 aromatic carbocycles. The molecular weight excluding hydrogens is 403 g/mol. The van der Waals surface area contributed by atoms with Gasteiger partial charge in [-0.15, -0.1) is 24.0 Å². The molecule has 0 unspecified atom stereocenters. The van der Waals surface area contributed by atoms with E-state index in [1.165, 1.54) is 5.56 Å². The fourth-order valence-electron chi connectivity index (χ4n) is 1.94. The smallest absolute Gasteiger partial charge is 0.191 e. The van der Waals surface area contributed by atoms with Crippen LogP contribution in [0.3, 0.4) is 0 Å². The van der Waals surface area contributed by atoms with Gasteiger partial charge in [0, 0.05) is 19.6 Å². The molecule has 0 fully saturated rings. The van der Waals surface area contributed by atoms with Crippen LogP contribution in [0.5, 0.6) is 5.75 Å². The predicted molar refractivity (Wildman–Crippen MR) is 109 cm³/mol. The largest absolute Gasteiger partial charge is 0.494 e. The van der Waals surface area contributed by atoms with E-state index in [0.717, 1.165) is 44.4 Å². The van der Waals surface area contributed by atoms with Gasteiger partial charge < -0.3 is 20.3 Å². The average Bonchev–Trinajstić information content (AvgIpc) is 2.50. The normalized spacial score (nSPS) is 9.96. The van der Waals surface area contributed by atoms with Crippen molar-refractivity contribution in [2.75, 3.05) is 40.3 Å². The molecular formula is C17H31IN4O. The van der Waals surface area contributed by atoms with Gasteiger partial charge in [-0.05, 0) is 52.1 Å². The summed E-state index contributed by atoms with van der Waals surface area (Å²) < 4.78 is 5.73. The fraction of sp³-hybridized carbons (Fsp3) is 0.588. The number of hydrogen-bond donors (Lipinski definition) is 2. The topological polar surface area (TPSA) is 48.9 Å². The molecule has 0 aliphatic carbocycles. The molecule has 0 saturated carbocycles. The first-order valence-corrected chi connectivity index (χ1v) is 8.04. The molecule has 0 atom stereocenters. The maximum Gasteiger partial charge on any atom is 0.191 e. The average molecular weight is 434 g/mol. The predicted octanol–water partition coefficient (Wildman–Crippen LogP) is 2.71. The van der Waals surface area contributed by atoms with Gasteiger partial charge in [-0.2, -0.15) is 0 Å². The lowest BCUT2D eigenvalue weighted by molar-refractivity contribution is 0.281. The lowest BCUT2D eigenvalue weighted by Gasteiger charge is -2.11. The van der Waals surface area contributed by atoms with Crippen molar-refractivity contribution in [3.8, 4) is 5.75 Å². The summed E-state index contributed by atoms with van der Waals surface area (Å²) in [5.41, 5.74) is 1.17. The van der Waals surface area contributed by atoms with Gasteiger partial charge >= 0.3 is 0 Å². The second-order valence-electron chi connectivity index (χ2n) is 5.37. The highest BCUT2D eigenvalue weighted by molar-refractivity contribution is 14.0. The van der Waals surface area contributed by atoms with Crippen LogP contribution in [0.1, 0.15) is 25.8 Å². The van der Waals surface area contributed by atoms with Gasteiger partial charge in [0.15, 0.2) is 5.96 Å². The first kappa shape index (κ1) is 22.0. The highest BCUT2D eigenvalue weighted by atomic mass is 127. The Morgan fingerprint density at radius 1 is 1.09 bits per heavy atom. The zero-order valence-electron chi connectivity index (χ0n) is 14.8. The molecule has 132 valence electrons. The minimum absolute atomic E-state index is 0. The Bertz CT molecular complexity index is 427. The van der Waals surface area contributed by atoms with Crippen LogP contribution in [0, 0.1) is 0 Å². The number of ether oxygens (including phenoxy) is 1. The summed E-state index contributed by atoms with van der Waals surface area (Å²) in [6.45, 7) is 8.32. The second-order valence-corrected chi connectivity index (χ2v) is 5.37. The molecule has 0 aliphatic heterocycles. The van der Waals surface area contributed by atoms with E-state index in [1.807, 2.05) is 12.1 Å². The highest BCUT2D eigenvalue weighted by Crippen LogP contribution is 2.13. The third kappa shape index (κ3) is 10.4. The zero-order chi connectivity index (χ0) is 16.2. The monoisotopic (exact) mass is 434 g/mol. The molecule has 23 heavy (non-hydrogen) atoms. The van der Waals surface area contributed by atoms with E-state index in [9.17, 15) is 0 Å². The summed E-state index contributed by atoms with van der Waals surface area (Å²) in [6, 6.07) is 8.17. The lowest BCUT2D eigenvalue weighted by atomic mass is 10.2. The third-order valence-electron chi connectivity index (χ3n) is 3.05. The first-order valence-electron chi connectivity index (χ1n) is 8.04. The van der Waals surface area contributed by atoms with Crippen molar-refractivity contribution in [1.82, 2.24) is 15.5 Å². The molecule has 0 bridgehead atoms. The van der Waals surface area contributed by atoms with Crippen molar-refractivity contribution >= 4 is 29.9 Å². The van der Waals surface area contributed by atoms with Crippen LogP contribution in [0.2, 0.25) is 0 Å². The van der Waals surface area contributed by atoms with Crippen molar-refractivity contribution in [3.63, 3.8) is 0 Å². The maximum atomic E-state index is 5.73. The SMILES string of the molecule is CCNC(=NCc1ccc(OCCCN(C)C)cc1)NCC.I. The van der Waals surface area contributed by atoms with E-state index in [0.29, 0.717) is 6.54 Å². The molecule has 0 heterocycles. The Labute approximate surface area is 157 Å². The molecule has 5 nitrogen and oxygen atoms in total. The van der Waals surface area contributed by atoms with E-state index >= 15 is 0 Å². The molecule has 0 amide bonds. The zero-order valence-corrected chi connectivity index (χ0v) is 17.1. The van der Waals surface area contributed by atoms with Crippen LogP contribution in [-0.4, -0.2) is 51.2 Å². The molecule has 0 aromatic heterocycles. The van der Waals surface area contributed by atoms with Crippen LogP contribution in [0.4, 0.5) is 0 Å². The van der Waals surface area contributed by atoms with Gasteiger partial charge in [0.05, 0.1) is 13.2 Å². The number of hydrogen-bond acceptors (Lipinski definition) is 3. The molecule has 0 saturated heterocycles. The first-order chi connectivity index (χ1) is 10.7. The Hall–Kier alpha value is -1.02. The van der Waals surface area contributed by atoms with E-state index in [1.54, 1.807) is 0 Å². The van der Waals surface area contributed by atoms with Crippen molar-refractivity contribution in [1.29, 1.82) is 0 Å². The van der Waals surface area contributed by atoms with E-state index in [2.05, 4.69) is 60.6 Å². The maximum absolute atomic E-state index is 5.73. The van der Waals surface area contributed by atoms with E-state index < -0.39 is 0 Å². The molecule has 0 spiro atoms. The standard InChI is InChI=1S/C17H30N4O.HI/c1-5-18-17(19-6-2)20-14-15-8-10-16(11-9-15)22-13-7-12-21(3)4;/h8-11H,5-7,12-14H2,1-4H3,(H2,18,19,20);1H. The van der Waals surface area contributed by atoms with Gasteiger partial charge in [-0.3, -0.25) is 0 Å². The van der Waals surface area contributed by atoms with Crippen LogP contribution in [-0.2, 0) is 6.54 Å². The summed E-state index contributed by atoms with van der Waals surface area (Å²) in [5, 5.41) is 6.44. The van der Waals surface area contributed by atoms with E-state index in [4.69, 9.17) is 4.74 Å². The van der Waals surface area contributed by atoms with Crippen molar-refractivity contribution in [2.24, 2.45) is 4.99 Å². The molecule has 1 aromatic rings. The van der Waals surface area contributed by atoms with Crippen molar-refractivity contribution in [3.05, 3.63) is 29.8 Å². The van der Waals surface area contributed by atoms with Crippen LogP contribution < -0.4 is 15.4 Å². The number of nitrogens with zero attached hydrogens (tertiary/aromatic N) is 2.